The van der Waals surface area contributed by atoms with Gasteiger partial charge in [0.25, 0.3) is 0 Å². The standard InChI is InChI=1S/C12H8N2O2/c15-11-8-3-1-2-4-10(8)16-7-9(11)12-13-5-6-14-12/h1-7H,(H,13,14). The van der Waals surface area contributed by atoms with Crippen molar-refractivity contribution in [3.05, 3.63) is 53.1 Å². The lowest BCUT2D eigenvalue weighted by Gasteiger charge is -1.98. The van der Waals surface area contributed by atoms with E-state index in [1.807, 2.05) is 12.1 Å². The van der Waals surface area contributed by atoms with Gasteiger partial charge in [-0.05, 0) is 12.1 Å². The summed E-state index contributed by atoms with van der Waals surface area (Å²) in [6.07, 6.45) is 4.71. The number of rotatable bonds is 1. The first-order valence-corrected chi connectivity index (χ1v) is 4.86. The fraction of sp³-hybridized carbons (Fsp3) is 0. The molecule has 0 radical (unpaired) electrons. The molecule has 16 heavy (non-hydrogen) atoms. The predicted octanol–water partition coefficient (Wildman–Crippen LogP) is 2.18. The van der Waals surface area contributed by atoms with Gasteiger partial charge in [-0.15, -0.1) is 0 Å². The van der Waals surface area contributed by atoms with Crippen LogP contribution in [-0.4, -0.2) is 9.97 Å². The summed E-state index contributed by atoms with van der Waals surface area (Å²) in [4.78, 5) is 19.0. The summed E-state index contributed by atoms with van der Waals surface area (Å²) in [6, 6.07) is 7.15. The minimum Gasteiger partial charge on any atom is -0.463 e. The van der Waals surface area contributed by atoms with Crippen LogP contribution in [-0.2, 0) is 0 Å². The van der Waals surface area contributed by atoms with Crippen molar-refractivity contribution in [2.24, 2.45) is 0 Å². The molecule has 0 amide bonds. The zero-order valence-electron chi connectivity index (χ0n) is 8.31. The lowest BCUT2D eigenvalue weighted by atomic mass is 10.1. The van der Waals surface area contributed by atoms with E-state index in [4.69, 9.17) is 4.42 Å². The van der Waals surface area contributed by atoms with E-state index in [9.17, 15) is 4.79 Å². The van der Waals surface area contributed by atoms with Crippen molar-refractivity contribution < 1.29 is 4.42 Å². The third kappa shape index (κ3) is 1.24. The van der Waals surface area contributed by atoms with Gasteiger partial charge in [0.2, 0.25) is 5.43 Å². The van der Waals surface area contributed by atoms with E-state index in [0.29, 0.717) is 22.4 Å². The van der Waals surface area contributed by atoms with Gasteiger partial charge in [-0.25, -0.2) is 4.98 Å². The third-order valence-electron chi connectivity index (χ3n) is 2.43. The van der Waals surface area contributed by atoms with Crippen molar-refractivity contribution in [1.82, 2.24) is 9.97 Å². The quantitative estimate of drug-likeness (QED) is 0.672. The molecule has 2 aromatic heterocycles. The number of hydrogen-bond acceptors (Lipinski definition) is 3. The number of aromatic amines is 1. The maximum absolute atomic E-state index is 12.1. The highest BCUT2D eigenvalue weighted by atomic mass is 16.3. The van der Waals surface area contributed by atoms with Crippen LogP contribution in [0.4, 0.5) is 0 Å². The van der Waals surface area contributed by atoms with Gasteiger partial charge in [0.15, 0.2) is 0 Å². The van der Waals surface area contributed by atoms with Gasteiger partial charge in [-0.1, -0.05) is 12.1 Å². The van der Waals surface area contributed by atoms with Gasteiger partial charge < -0.3 is 9.40 Å². The number of fused-ring (bicyclic) bond motifs is 1. The highest BCUT2D eigenvalue weighted by Crippen LogP contribution is 2.15. The van der Waals surface area contributed by atoms with E-state index >= 15 is 0 Å². The largest absolute Gasteiger partial charge is 0.463 e. The zero-order valence-corrected chi connectivity index (χ0v) is 8.31. The predicted molar refractivity (Wildman–Crippen MR) is 60.1 cm³/mol. The Morgan fingerprint density at radius 1 is 1.25 bits per heavy atom. The average Bonchev–Trinajstić information content (AvgIpc) is 2.83. The monoisotopic (exact) mass is 212 g/mol. The zero-order chi connectivity index (χ0) is 11.0. The molecule has 0 unspecified atom stereocenters. The van der Waals surface area contributed by atoms with E-state index in [1.165, 1.54) is 6.26 Å². The first kappa shape index (κ1) is 8.91. The second-order valence-electron chi connectivity index (χ2n) is 3.41. The molecule has 0 aliphatic rings. The Morgan fingerprint density at radius 3 is 2.94 bits per heavy atom. The summed E-state index contributed by atoms with van der Waals surface area (Å²) in [5, 5.41) is 0.566. The molecule has 3 aromatic rings. The van der Waals surface area contributed by atoms with Crippen LogP contribution >= 0.6 is 0 Å². The topological polar surface area (TPSA) is 58.9 Å². The Bertz CT molecular complexity index is 684. The van der Waals surface area contributed by atoms with Crippen LogP contribution in [0.3, 0.4) is 0 Å². The van der Waals surface area contributed by atoms with E-state index in [2.05, 4.69) is 9.97 Å². The van der Waals surface area contributed by atoms with Crippen molar-refractivity contribution in [3.63, 3.8) is 0 Å². The van der Waals surface area contributed by atoms with Crippen molar-refractivity contribution in [2.75, 3.05) is 0 Å². The van der Waals surface area contributed by atoms with Gasteiger partial charge in [-0.3, -0.25) is 4.79 Å². The molecule has 0 saturated carbocycles. The number of H-pyrrole nitrogens is 1. The first-order valence-electron chi connectivity index (χ1n) is 4.86. The molecule has 0 spiro atoms. The minimum absolute atomic E-state index is 0.0724. The summed E-state index contributed by atoms with van der Waals surface area (Å²) in [7, 11) is 0. The Balaban J connectivity index is 2.37. The Kier molecular flexibility index (Phi) is 1.86. The van der Waals surface area contributed by atoms with Crippen LogP contribution in [0.15, 0.2) is 52.1 Å². The number of benzene rings is 1. The molecule has 0 saturated heterocycles. The molecule has 3 rings (SSSR count). The SMILES string of the molecule is O=c1c(-c2ncc[nH]2)coc2ccccc12. The Hall–Kier alpha value is -2.36. The number of imidazole rings is 1. The maximum atomic E-state index is 12.1. The molecule has 78 valence electrons. The Labute approximate surface area is 90.6 Å². The van der Waals surface area contributed by atoms with Crippen molar-refractivity contribution in [2.45, 2.75) is 0 Å². The lowest BCUT2D eigenvalue weighted by molar-refractivity contribution is 0.604. The van der Waals surface area contributed by atoms with E-state index in [-0.39, 0.29) is 5.43 Å². The summed E-state index contributed by atoms with van der Waals surface area (Å²) in [5.74, 6) is 0.527. The average molecular weight is 212 g/mol. The first-order chi connectivity index (χ1) is 7.86. The lowest BCUT2D eigenvalue weighted by Crippen LogP contribution is -2.05. The Morgan fingerprint density at radius 2 is 2.12 bits per heavy atom. The van der Waals surface area contributed by atoms with Crippen LogP contribution in [0.2, 0.25) is 0 Å². The molecule has 2 heterocycles. The molecular weight excluding hydrogens is 204 g/mol. The molecule has 0 fully saturated rings. The van der Waals surface area contributed by atoms with E-state index in [1.54, 1.807) is 24.5 Å². The second-order valence-corrected chi connectivity index (χ2v) is 3.41. The number of nitrogens with one attached hydrogen (secondary N) is 1. The summed E-state index contributed by atoms with van der Waals surface area (Å²) < 4.78 is 5.39. The number of aromatic nitrogens is 2. The van der Waals surface area contributed by atoms with E-state index in [0.717, 1.165) is 0 Å². The maximum Gasteiger partial charge on any atom is 0.203 e. The van der Waals surface area contributed by atoms with Gasteiger partial charge in [0.1, 0.15) is 23.2 Å². The molecule has 1 N–H and O–H groups in total. The molecule has 0 aliphatic heterocycles. The van der Waals surface area contributed by atoms with Crippen LogP contribution in [0.25, 0.3) is 22.4 Å². The molecule has 4 nitrogen and oxygen atoms in total. The number of nitrogens with zero attached hydrogens (tertiary/aromatic N) is 1. The number of hydrogen-bond donors (Lipinski definition) is 1. The fourth-order valence-corrected chi connectivity index (χ4v) is 1.65. The fourth-order valence-electron chi connectivity index (χ4n) is 1.65. The van der Waals surface area contributed by atoms with Crippen molar-refractivity contribution in [3.8, 4) is 11.4 Å². The molecule has 1 aromatic carbocycles. The molecule has 0 bridgehead atoms. The van der Waals surface area contributed by atoms with Gasteiger partial charge in [0.05, 0.1) is 5.39 Å². The van der Waals surface area contributed by atoms with Crippen molar-refractivity contribution >= 4 is 11.0 Å². The van der Waals surface area contributed by atoms with Crippen LogP contribution in [0, 0.1) is 0 Å². The molecular formula is C12H8N2O2. The van der Waals surface area contributed by atoms with Gasteiger partial charge >= 0.3 is 0 Å². The molecule has 4 heteroatoms. The molecule has 0 aliphatic carbocycles. The van der Waals surface area contributed by atoms with Gasteiger partial charge in [-0.2, -0.15) is 0 Å². The minimum atomic E-state index is -0.0724. The second kappa shape index (κ2) is 3.34. The van der Waals surface area contributed by atoms with E-state index < -0.39 is 0 Å². The molecule has 0 atom stereocenters. The smallest absolute Gasteiger partial charge is 0.203 e. The van der Waals surface area contributed by atoms with Crippen LogP contribution < -0.4 is 5.43 Å². The summed E-state index contributed by atoms with van der Waals surface area (Å²) in [5.41, 5.74) is 0.961. The van der Waals surface area contributed by atoms with Crippen LogP contribution in [0.5, 0.6) is 0 Å². The number of para-hydroxylation sites is 1. The third-order valence-corrected chi connectivity index (χ3v) is 2.43. The normalized spacial score (nSPS) is 10.8. The van der Waals surface area contributed by atoms with Crippen LogP contribution in [0.1, 0.15) is 0 Å². The van der Waals surface area contributed by atoms with Gasteiger partial charge in [0, 0.05) is 12.4 Å². The summed E-state index contributed by atoms with van der Waals surface area (Å²) >= 11 is 0. The highest BCUT2D eigenvalue weighted by molar-refractivity contribution is 5.80. The van der Waals surface area contributed by atoms with Crippen molar-refractivity contribution in [1.29, 1.82) is 0 Å². The summed E-state index contributed by atoms with van der Waals surface area (Å²) in [6.45, 7) is 0. The highest BCUT2D eigenvalue weighted by Gasteiger charge is 2.09.